The molecule has 0 amide bonds. The van der Waals surface area contributed by atoms with Gasteiger partial charge in [-0.05, 0) is 11.6 Å². The number of hydrogen-bond acceptors (Lipinski definition) is 3. The van der Waals surface area contributed by atoms with Gasteiger partial charge in [-0.15, -0.1) is 0 Å². The fourth-order valence-corrected chi connectivity index (χ4v) is 2.26. The zero-order chi connectivity index (χ0) is 11.5. The van der Waals surface area contributed by atoms with Crippen molar-refractivity contribution in [2.24, 2.45) is 0 Å². The van der Waals surface area contributed by atoms with Crippen molar-refractivity contribution >= 4 is 19.7 Å². The molecule has 0 aliphatic rings. The molecule has 1 aromatic carbocycles. The minimum Gasteiger partial charge on any atom is -0.496 e. The van der Waals surface area contributed by atoms with Crippen molar-refractivity contribution in [3.8, 4) is 5.75 Å². The van der Waals surface area contributed by atoms with E-state index in [1.165, 1.54) is 13.2 Å². The third-order valence-corrected chi connectivity index (χ3v) is 2.87. The lowest BCUT2D eigenvalue weighted by molar-refractivity contribution is 0.407. The second-order valence-corrected chi connectivity index (χ2v) is 5.69. The van der Waals surface area contributed by atoms with E-state index in [2.05, 4.69) is 0 Å². The molecule has 0 atom stereocenters. The Kier molecular flexibility index (Phi) is 3.93. The third-order valence-electron chi connectivity index (χ3n) is 1.91. The molecule has 0 aliphatic heterocycles. The van der Waals surface area contributed by atoms with Crippen LogP contribution in [0, 0.1) is 0 Å². The van der Waals surface area contributed by atoms with Gasteiger partial charge >= 0.3 is 0 Å². The summed E-state index contributed by atoms with van der Waals surface area (Å²) in [7, 11) is 2.79. The lowest BCUT2D eigenvalue weighted by Gasteiger charge is -2.10. The number of rotatable bonds is 4. The van der Waals surface area contributed by atoms with Gasteiger partial charge in [0.25, 0.3) is 0 Å². The average molecular weight is 253 g/mol. The Morgan fingerprint density at radius 3 is 2.60 bits per heavy atom. The Morgan fingerprint density at radius 2 is 2.13 bits per heavy atom. The Bertz CT molecular complexity index is 422. The van der Waals surface area contributed by atoms with Crippen LogP contribution in [0.3, 0.4) is 0 Å². The summed E-state index contributed by atoms with van der Waals surface area (Å²) in [4.78, 5) is 0. The number of benzene rings is 1. The van der Waals surface area contributed by atoms with Crippen LogP contribution in [-0.4, -0.2) is 15.5 Å². The van der Waals surface area contributed by atoms with Crippen LogP contribution in [0.5, 0.6) is 5.75 Å². The minimum atomic E-state index is -3.72. The number of methoxy groups -OCH3 is 1. The van der Waals surface area contributed by atoms with Crippen molar-refractivity contribution in [1.29, 1.82) is 0 Å². The molecule has 0 aromatic heterocycles. The molecule has 0 saturated carbocycles. The van der Waals surface area contributed by atoms with Crippen LogP contribution in [0.4, 0.5) is 4.39 Å². The Balaban J connectivity index is 3.22. The highest BCUT2D eigenvalue weighted by molar-refractivity contribution is 8.13. The first-order chi connectivity index (χ1) is 6.98. The van der Waals surface area contributed by atoms with Crippen LogP contribution in [0.1, 0.15) is 11.1 Å². The smallest absolute Gasteiger partial charge is 0.236 e. The third kappa shape index (κ3) is 3.35. The predicted octanol–water partition coefficient (Wildman–Crippen LogP) is 2.23. The number of alkyl halides is 1. The molecule has 0 saturated heterocycles. The van der Waals surface area contributed by atoms with Gasteiger partial charge < -0.3 is 4.74 Å². The Morgan fingerprint density at radius 1 is 1.47 bits per heavy atom. The van der Waals surface area contributed by atoms with Gasteiger partial charge in [0.05, 0.1) is 12.9 Å². The SMILES string of the molecule is COc1cccc(CF)c1CS(=O)(=O)Cl. The van der Waals surface area contributed by atoms with Crippen molar-refractivity contribution in [2.75, 3.05) is 7.11 Å². The van der Waals surface area contributed by atoms with E-state index in [0.717, 1.165) is 0 Å². The number of halogens is 2. The van der Waals surface area contributed by atoms with E-state index in [1.54, 1.807) is 12.1 Å². The molecule has 84 valence electrons. The molecule has 0 unspecified atom stereocenters. The summed E-state index contributed by atoms with van der Waals surface area (Å²) in [6.45, 7) is -0.751. The van der Waals surface area contributed by atoms with Crippen LogP contribution >= 0.6 is 10.7 Å². The quantitative estimate of drug-likeness (QED) is 0.772. The van der Waals surface area contributed by atoms with Gasteiger partial charge in [-0.1, -0.05) is 12.1 Å². The highest BCUT2D eigenvalue weighted by atomic mass is 35.7. The summed E-state index contributed by atoms with van der Waals surface area (Å²) in [5.41, 5.74) is 0.552. The summed E-state index contributed by atoms with van der Waals surface area (Å²) >= 11 is 0. The summed E-state index contributed by atoms with van der Waals surface area (Å²) < 4.78 is 39.4. The van der Waals surface area contributed by atoms with Gasteiger partial charge in [-0.3, -0.25) is 0 Å². The van der Waals surface area contributed by atoms with Gasteiger partial charge in [-0.2, -0.15) is 0 Å². The molecular weight excluding hydrogens is 243 g/mol. The Labute approximate surface area is 92.2 Å². The second kappa shape index (κ2) is 4.81. The van der Waals surface area contributed by atoms with E-state index in [-0.39, 0.29) is 11.1 Å². The molecular formula is C9H10ClFO3S. The van der Waals surface area contributed by atoms with Crippen LogP contribution in [0.15, 0.2) is 18.2 Å². The van der Waals surface area contributed by atoms with Gasteiger partial charge in [-0.25, -0.2) is 12.8 Å². The zero-order valence-corrected chi connectivity index (χ0v) is 9.61. The minimum absolute atomic E-state index is 0.275. The van der Waals surface area contributed by atoms with E-state index in [9.17, 15) is 12.8 Å². The molecule has 6 heteroatoms. The molecule has 0 N–H and O–H groups in total. The first-order valence-electron chi connectivity index (χ1n) is 4.11. The number of ether oxygens (including phenoxy) is 1. The van der Waals surface area contributed by atoms with Gasteiger partial charge in [0.1, 0.15) is 12.4 Å². The molecule has 0 heterocycles. The highest BCUT2D eigenvalue weighted by Gasteiger charge is 2.15. The van der Waals surface area contributed by atoms with Crippen LogP contribution in [0.25, 0.3) is 0 Å². The summed E-state index contributed by atoms with van der Waals surface area (Å²) in [6.07, 6.45) is 0. The molecule has 0 spiro atoms. The number of hydrogen-bond donors (Lipinski definition) is 0. The van der Waals surface area contributed by atoms with Crippen molar-refractivity contribution in [1.82, 2.24) is 0 Å². The van der Waals surface area contributed by atoms with Gasteiger partial charge in [0, 0.05) is 16.2 Å². The molecule has 15 heavy (non-hydrogen) atoms. The van der Waals surface area contributed by atoms with E-state index < -0.39 is 21.5 Å². The van der Waals surface area contributed by atoms with Gasteiger partial charge in [0.2, 0.25) is 9.05 Å². The average Bonchev–Trinajstić information content (AvgIpc) is 2.16. The van der Waals surface area contributed by atoms with E-state index in [1.807, 2.05) is 0 Å². The maximum Gasteiger partial charge on any atom is 0.236 e. The maximum atomic E-state index is 12.6. The zero-order valence-electron chi connectivity index (χ0n) is 8.04. The molecule has 0 radical (unpaired) electrons. The molecule has 1 aromatic rings. The standard InChI is InChI=1S/C9H10ClFO3S/c1-14-9-4-2-3-7(5-11)8(9)6-15(10,12)13/h2-4H,5-6H2,1H3. The second-order valence-electron chi connectivity index (χ2n) is 2.91. The first kappa shape index (κ1) is 12.3. The lowest BCUT2D eigenvalue weighted by atomic mass is 10.1. The van der Waals surface area contributed by atoms with Crippen molar-refractivity contribution in [2.45, 2.75) is 12.4 Å². The maximum absolute atomic E-state index is 12.6. The topological polar surface area (TPSA) is 43.4 Å². The summed E-state index contributed by atoms with van der Waals surface area (Å²) in [5, 5.41) is 0. The van der Waals surface area contributed by atoms with E-state index in [4.69, 9.17) is 15.4 Å². The van der Waals surface area contributed by atoms with Gasteiger partial charge in [0.15, 0.2) is 0 Å². The summed E-state index contributed by atoms with van der Waals surface area (Å²) in [5.74, 6) is -0.105. The molecule has 0 bridgehead atoms. The predicted molar refractivity (Wildman–Crippen MR) is 56.3 cm³/mol. The molecule has 0 fully saturated rings. The van der Waals surface area contributed by atoms with Crippen molar-refractivity contribution in [3.63, 3.8) is 0 Å². The van der Waals surface area contributed by atoms with Crippen LogP contribution in [0.2, 0.25) is 0 Å². The largest absolute Gasteiger partial charge is 0.496 e. The lowest BCUT2D eigenvalue weighted by Crippen LogP contribution is -2.02. The fourth-order valence-electron chi connectivity index (χ4n) is 1.26. The molecule has 0 aliphatic carbocycles. The normalized spacial score (nSPS) is 11.4. The monoisotopic (exact) mass is 252 g/mol. The molecule has 3 nitrogen and oxygen atoms in total. The first-order valence-corrected chi connectivity index (χ1v) is 6.59. The van der Waals surface area contributed by atoms with Crippen molar-refractivity contribution in [3.05, 3.63) is 29.3 Å². The van der Waals surface area contributed by atoms with E-state index >= 15 is 0 Å². The molecule has 1 rings (SSSR count). The highest BCUT2D eigenvalue weighted by Crippen LogP contribution is 2.26. The van der Waals surface area contributed by atoms with Crippen LogP contribution < -0.4 is 4.74 Å². The fraction of sp³-hybridized carbons (Fsp3) is 0.333. The van der Waals surface area contributed by atoms with Crippen LogP contribution in [-0.2, 0) is 21.5 Å². The summed E-state index contributed by atoms with van der Waals surface area (Å²) in [6, 6.07) is 4.66. The van der Waals surface area contributed by atoms with Crippen molar-refractivity contribution < 1.29 is 17.5 Å². The Hall–Kier alpha value is -0.810. The van der Waals surface area contributed by atoms with E-state index in [0.29, 0.717) is 5.75 Å².